The highest BCUT2D eigenvalue weighted by molar-refractivity contribution is 6.12. The number of aliphatic hydroxyl groups excluding tert-OH is 1. The largest absolute Gasteiger partial charge is 0.508 e. The highest BCUT2D eigenvalue weighted by Gasteiger charge is 2.27. The highest BCUT2D eigenvalue weighted by atomic mass is 16.5. The summed E-state index contributed by atoms with van der Waals surface area (Å²) in [7, 11) is 4.52. The van der Waals surface area contributed by atoms with Crippen molar-refractivity contribution in [2.24, 2.45) is 0 Å². The third-order valence-electron chi connectivity index (χ3n) is 5.67. The van der Waals surface area contributed by atoms with Gasteiger partial charge >= 0.3 is 0 Å². The molecule has 2 rings (SSSR count). The van der Waals surface area contributed by atoms with Gasteiger partial charge in [0, 0.05) is 38.9 Å². The van der Waals surface area contributed by atoms with E-state index in [1.165, 1.54) is 31.3 Å². The van der Waals surface area contributed by atoms with Crippen molar-refractivity contribution in [3.8, 4) is 23.0 Å². The number of aliphatic hydroxyl groups is 1. The Morgan fingerprint density at radius 3 is 2.22 bits per heavy atom. The van der Waals surface area contributed by atoms with Gasteiger partial charge in [0.15, 0.2) is 17.3 Å². The molecule has 0 aliphatic rings. The van der Waals surface area contributed by atoms with Crippen molar-refractivity contribution in [2.45, 2.75) is 19.8 Å². The van der Waals surface area contributed by atoms with Crippen molar-refractivity contribution in [3.05, 3.63) is 46.5 Å². The summed E-state index contributed by atoms with van der Waals surface area (Å²) < 4.78 is 21.0. The summed E-state index contributed by atoms with van der Waals surface area (Å²) in [6, 6.07) is 5.71. The molecule has 2 aromatic carbocycles. The second-order valence-corrected chi connectivity index (χ2v) is 7.91. The van der Waals surface area contributed by atoms with Crippen molar-refractivity contribution in [1.29, 1.82) is 0 Å². The Balaban J connectivity index is 2.54. The molecule has 0 radical (unpaired) electrons. The molecule has 0 bridgehead atoms. The number of phenols is 2. The van der Waals surface area contributed by atoms with Crippen LogP contribution in [0, 0.1) is 0 Å². The van der Waals surface area contributed by atoms with E-state index in [0.29, 0.717) is 30.1 Å². The molecule has 2 aromatic rings. The first kappa shape index (κ1) is 28.9. The second kappa shape index (κ2) is 14.3. The molecule has 3 N–H and O–H groups in total. The molecule has 10 nitrogen and oxygen atoms in total. The maximum Gasteiger partial charge on any atom is 0.227 e. The van der Waals surface area contributed by atoms with Gasteiger partial charge in [-0.05, 0) is 35.7 Å². The lowest BCUT2D eigenvalue weighted by Crippen LogP contribution is -2.37. The van der Waals surface area contributed by atoms with Crippen LogP contribution in [0.1, 0.15) is 34.0 Å². The van der Waals surface area contributed by atoms with Gasteiger partial charge in [0.05, 0.1) is 38.9 Å². The lowest BCUT2D eigenvalue weighted by Gasteiger charge is -2.23. The normalized spacial score (nSPS) is 10.8. The van der Waals surface area contributed by atoms with Gasteiger partial charge in [-0.1, -0.05) is 6.92 Å². The summed E-state index contributed by atoms with van der Waals surface area (Å²) in [6.07, 6.45) is 0.0599. The number of nitrogens with zero attached hydrogens (tertiary/aromatic N) is 1. The average molecular weight is 506 g/mol. The van der Waals surface area contributed by atoms with Crippen molar-refractivity contribution in [1.82, 2.24) is 4.90 Å². The first-order valence-corrected chi connectivity index (χ1v) is 11.6. The van der Waals surface area contributed by atoms with Gasteiger partial charge in [0.25, 0.3) is 0 Å². The number of amides is 1. The molecule has 0 saturated heterocycles. The molecule has 0 aliphatic heterocycles. The van der Waals surface area contributed by atoms with E-state index < -0.39 is 11.5 Å². The molecule has 1 amide bonds. The van der Waals surface area contributed by atoms with E-state index in [1.54, 1.807) is 20.1 Å². The van der Waals surface area contributed by atoms with Crippen molar-refractivity contribution in [2.75, 3.05) is 60.8 Å². The fraction of sp³-hybridized carbons (Fsp3) is 0.462. The van der Waals surface area contributed by atoms with Crippen LogP contribution in [0.25, 0.3) is 0 Å². The SMILES string of the molecule is CCc1c(O)cc(O)c(C(=O)c2ccc(OC)c(OCCOC)c2)c1CC(=O)N(CCO)CCOC. The summed E-state index contributed by atoms with van der Waals surface area (Å²) in [5.74, 6) is -0.845. The number of methoxy groups -OCH3 is 3. The van der Waals surface area contributed by atoms with Crippen LogP contribution in [0.3, 0.4) is 0 Å². The minimum Gasteiger partial charge on any atom is -0.508 e. The smallest absolute Gasteiger partial charge is 0.227 e. The Labute approximate surface area is 211 Å². The summed E-state index contributed by atoms with van der Waals surface area (Å²) in [6.45, 7) is 2.69. The minimum absolute atomic E-state index is 0.0817. The van der Waals surface area contributed by atoms with Gasteiger partial charge in [-0.2, -0.15) is 0 Å². The predicted molar refractivity (Wildman–Crippen MR) is 132 cm³/mol. The third kappa shape index (κ3) is 7.09. The number of carbonyl (C=O) groups excluding carboxylic acids is 2. The molecule has 10 heteroatoms. The van der Waals surface area contributed by atoms with E-state index in [4.69, 9.17) is 18.9 Å². The monoisotopic (exact) mass is 505 g/mol. The van der Waals surface area contributed by atoms with Crippen LogP contribution in [0.15, 0.2) is 24.3 Å². The molecule has 0 unspecified atom stereocenters. The fourth-order valence-electron chi connectivity index (χ4n) is 3.85. The first-order chi connectivity index (χ1) is 17.3. The van der Waals surface area contributed by atoms with E-state index in [-0.39, 0.29) is 67.7 Å². The average Bonchev–Trinajstić information content (AvgIpc) is 2.86. The standard InChI is InChI=1S/C26H35NO9/c1-5-18-19(15-24(31)27(8-10-28)9-11-33-2)25(21(30)16-20(18)29)26(32)17-6-7-22(35-4)23(14-17)36-13-12-34-3/h6-7,14,16,28-30H,5,8-13,15H2,1-4H3. The minimum atomic E-state index is -0.546. The summed E-state index contributed by atoms with van der Waals surface area (Å²) in [5.41, 5.74) is 0.724. The molecule has 0 aromatic heterocycles. The Kier molecular flexibility index (Phi) is 11.5. The second-order valence-electron chi connectivity index (χ2n) is 7.91. The van der Waals surface area contributed by atoms with Gasteiger partial charge in [0.1, 0.15) is 18.1 Å². The maximum absolute atomic E-state index is 13.7. The van der Waals surface area contributed by atoms with Crippen molar-refractivity contribution < 1.29 is 43.9 Å². The molecule has 0 aliphatic carbocycles. The van der Waals surface area contributed by atoms with Gasteiger partial charge in [-0.15, -0.1) is 0 Å². The first-order valence-electron chi connectivity index (χ1n) is 11.6. The molecular weight excluding hydrogens is 470 g/mol. The van der Waals surface area contributed by atoms with Crippen LogP contribution >= 0.6 is 0 Å². The van der Waals surface area contributed by atoms with Crippen LogP contribution in [0.2, 0.25) is 0 Å². The van der Waals surface area contributed by atoms with Crippen LogP contribution < -0.4 is 9.47 Å². The number of phenolic OH excluding ortho intramolecular Hbond substituents is 2. The number of aromatic hydroxyl groups is 2. The molecule has 0 heterocycles. The van der Waals surface area contributed by atoms with Crippen LogP contribution in [0.4, 0.5) is 0 Å². The molecule has 0 atom stereocenters. The highest BCUT2D eigenvalue weighted by Crippen LogP contribution is 2.36. The quantitative estimate of drug-likeness (QED) is 0.245. The molecular formula is C26H35NO9. The summed E-state index contributed by atoms with van der Waals surface area (Å²) in [5, 5.41) is 30.6. The molecule has 36 heavy (non-hydrogen) atoms. The van der Waals surface area contributed by atoms with Crippen LogP contribution in [0.5, 0.6) is 23.0 Å². The Morgan fingerprint density at radius 2 is 1.61 bits per heavy atom. The Bertz CT molecular complexity index is 1040. The van der Waals surface area contributed by atoms with E-state index in [1.807, 2.05) is 0 Å². The van der Waals surface area contributed by atoms with E-state index in [2.05, 4.69) is 0 Å². The topological polar surface area (TPSA) is 135 Å². The number of ether oxygens (including phenoxy) is 4. The van der Waals surface area contributed by atoms with Crippen molar-refractivity contribution >= 4 is 11.7 Å². The zero-order chi connectivity index (χ0) is 26.7. The third-order valence-corrected chi connectivity index (χ3v) is 5.67. The maximum atomic E-state index is 13.7. The van der Waals surface area contributed by atoms with E-state index in [0.717, 1.165) is 6.07 Å². The summed E-state index contributed by atoms with van der Waals surface area (Å²) in [4.78, 5) is 28.2. The van der Waals surface area contributed by atoms with E-state index in [9.17, 15) is 24.9 Å². The van der Waals surface area contributed by atoms with Crippen LogP contribution in [-0.4, -0.2) is 92.8 Å². The zero-order valence-electron chi connectivity index (χ0n) is 21.2. The number of hydrogen-bond donors (Lipinski definition) is 3. The van der Waals surface area contributed by atoms with Crippen LogP contribution in [-0.2, 0) is 27.1 Å². The van der Waals surface area contributed by atoms with Gasteiger partial charge in [-0.25, -0.2) is 0 Å². The lowest BCUT2D eigenvalue weighted by atomic mass is 9.89. The zero-order valence-corrected chi connectivity index (χ0v) is 21.2. The van der Waals surface area contributed by atoms with E-state index >= 15 is 0 Å². The number of benzene rings is 2. The lowest BCUT2D eigenvalue weighted by molar-refractivity contribution is -0.131. The molecule has 0 fully saturated rings. The fourth-order valence-corrected chi connectivity index (χ4v) is 3.85. The van der Waals surface area contributed by atoms with Gasteiger partial charge in [0.2, 0.25) is 5.91 Å². The Morgan fingerprint density at radius 1 is 0.889 bits per heavy atom. The Hall–Kier alpha value is -3.34. The number of ketones is 1. The van der Waals surface area contributed by atoms with Crippen molar-refractivity contribution in [3.63, 3.8) is 0 Å². The number of rotatable bonds is 15. The number of carbonyl (C=O) groups is 2. The molecule has 198 valence electrons. The molecule has 0 spiro atoms. The number of hydrogen-bond acceptors (Lipinski definition) is 9. The van der Waals surface area contributed by atoms with Gasteiger partial charge < -0.3 is 39.2 Å². The molecule has 0 saturated carbocycles. The predicted octanol–water partition coefficient (Wildman–Crippen LogP) is 1.93. The summed E-state index contributed by atoms with van der Waals surface area (Å²) >= 11 is 0. The van der Waals surface area contributed by atoms with Gasteiger partial charge in [-0.3, -0.25) is 9.59 Å².